The minimum absolute atomic E-state index is 0.204. The van der Waals surface area contributed by atoms with Crippen LogP contribution in [0.2, 0.25) is 0 Å². The van der Waals surface area contributed by atoms with E-state index in [1.54, 1.807) is 24.3 Å². The van der Waals surface area contributed by atoms with Crippen molar-refractivity contribution in [2.75, 3.05) is 27.9 Å². The van der Waals surface area contributed by atoms with Crippen molar-refractivity contribution < 1.29 is 24.1 Å². The number of phenolic OH excluding ortho intramolecular Hbond substituents is 1. The van der Waals surface area contributed by atoms with E-state index in [1.807, 2.05) is 12.1 Å². The monoisotopic (exact) mass is 345 g/mol. The molecule has 2 rings (SSSR count). The Morgan fingerprint density at radius 1 is 1.00 bits per heavy atom. The molecule has 0 aliphatic heterocycles. The lowest BCUT2D eigenvalue weighted by Crippen LogP contribution is -2.24. The van der Waals surface area contributed by atoms with E-state index in [2.05, 4.69) is 5.32 Å². The van der Waals surface area contributed by atoms with Gasteiger partial charge >= 0.3 is 0 Å². The number of benzene rings is 2. The van der Waals surface area contributed by atoms with E-state index in [9.17, 15) is 9.90 Å². The van der Waals surface area contributed by atoms with Crippen molar-refractivity contribution in [2.24, 2.45) is 0 Å². The van der Waals surface area contributed by atoms with Crippen LogP contribution in [0.4, 0.5) is 0 Å². The molecule has 0 heterocycles. The predicted octanol–water partition coefficient (Wildman–Crippen LogP) is 2.78. The van der Waals surface area contributed by atoms with Crippen LogP contribution >= 0.6 is 0 Å². The van der Waals surface area contributed by atoms with Crippen molar-refractivity contribution in [3.63, 3.8) is 0 Å². The van der Waals surface area contributed by atoms with E-state index < -0.39 is 0 Å². The number of rotatable bonds is 8. The predicted molar refractivity (Wildman–Crippen MR) is 94.9 cm³/mol. The van der Waals surface area contributed by atoms with Crippen LogP contribution in [0.1, 0.15) is 22.3 Å². The summed E-state index contributed by atoms with van der Waals surface area (Å²) in [6, 6.07) is 10.3. The maximum absolute atomic E-state index is 12.3. The molecule has 2 aromatic carbocycles. The van der Waals surface area contributed by atoms with Gasteiger partial charge in [-0.1, -0.05) is 12.1 Å². The number of methoxy groups -OCH3 is 3. The first-order chi connectivity index (χ1) is 12.1. The Bertz CT molecular complexity index is 687. The number of carbonyl (C=O) groups is 1. The smallest absolute Gasteiger partial charge is 0.251 e. The van der Waals surface area contributed by atoms with Gasteiger partial charge in [0, 0.05) is 12.1 Å². The highest BCUT2D eigenvalue weighted by molar-refractivity contribution is 5.95. The van der Waals surface area contributed by atoms with Gasteiger partial charge in [0.15, 0.2) is 11.5 Å². The summed E-state index contributed by atoms with van der Waals surface area (Å²) in [6.07, 6.45) is 1.61. The summed E-state index contributed by atoms with van der Waals surface area (Å²) in [4.78, 5) is 12.3. The summed E-state index contributed by atoms with van der Waals surface area (Å²) in [6.45, 7) is 0.538. The molecule has 0 aromatic heterocycles. The number of amides is 1. The molecule has 0 radical (unpaired) electrons. The van der Waals surface area contributed by atoms with Crippen LogP contribution in [-0.4, -0.2) is 38.9 Å². The lowest BCUT2D eigenvalue weighted by molar-refractivity contribution is 0.0952. The molecule has 1 amide bonds. The van der Waals surface area contributed by atoms with Crippen LogP contribution in [-0.2, 0) is 6.42 Å². The first-order valence-corrected chi connectivity index (χ1v) is 7.95. The Morgan fingerprint density at radius 3 is 2.12 bits per heavy atom. The Labute approximate surface area is 147 Å². The minimum Gasteiger partial charge on any atom is -0.508 e. The summed E-state index contributed by atoms with van der Waals surface area (Å²) < 4.78 is 15.8. The number of aryl methyl sites for hydroxylation is 1. The number of aromatic hydroxyl groups is 1. The van der Waals surface area contributed by atoms with Crippen molar-refractivity contribution in [3.05, 3.63) is 47.5 Å². The molecule has 0 atom stereocenters. The normalized spacial score (nSPS) is 10.2. The fourth-order valence-electron chi connectivity index (χ4n) is 2.47. The SMILES string of the molecule is COc1cc(C(=O)NCCCc2ccc(O)cc2)cc(OC)c1OC. The molecule has 0 aliphatic carbocycles. The van der Waals surface area contributed by atoms with E-state index in [1.165, 1.54) is 21.3 Å². The molecule has 0 unspecified atom stereocenters. The zero-order chi connectivity index (χ0) is 18.2. The van der Waals surface area contributed by atoms with E-state index in [0.29, 0.717) is 29.4 Å². The number of hydrogen-bond donors (Lipinski definition) is 2. The molecule has 0 saturated heterocycles. The van der Waals surface area contributed by atoms with Crippen molar-refractivity contribution >= 4 is 5.91 Å². The van der Waals surface area contributed by atoms with Gasteiger partial charge in [0.05, 0.1) is 21.3 Å². The molecule has 0 bridgehead atoms. The lowest BCUT2D eigenvalue weighted by atomic mass is 10.1. The fraction of sp³-hybridized carbons (Fsp3) is 0.316. The van der Waals surface area contributed by atoms with Gasteiger partial charge in [0.1, 0.15) is 5.75 Å². The first kappa shape index (κ1) is 18.4. The van der Waals surface area contributed by atoms with Gasteiger partial charge in [-0.05, 0) is 42.7 Å². The van der Waals surface area contributed by atoms with Gasteiger partial charge < -0.3 is 24.6 Å². The van der Waals surface area contributed by atoms with Crippen molar-refractivity contribution in [3.8, 4) is 23.0 Å². The van der Waals surface area contributed by atoms with Crippen LogP contribution in [0, 0.1) is 0 Å². The van der Waals surface area contributed by atoms with Gasteiger partial charge in [0.25, 0.3) is 5.91 Å². The third-order valence-electron chi connectivity index (χ3n) is 3.79. The summed E-state index contributed by atoms with van der Waals surface area (Å²) in [5.74, 6) is 1.38. The highest BCUT2D eigenvalue weighted by atomic mass is 16.5. The molecule has 6 nitrogen and oxygen atoms in total. The van der Waals surface area contributed by atoms with Gasteiger partial charge in [-0.3, -0.25) is 4.79 Å². The van der Waals surface area contributed by atoms with Crippen LogP contribution in [0.15, 0.2) is 36.4 Å². The Hall–Kier alpha value is -2.89. The maximum atomic E-state index is 12.3. The van der Waals surface area contributed by atoms with E-state index in [-0.39, 0.29) is 11.7 Å². The van der Waals surface area contributed by atoms with Crippen molar-refractivity contribution in [1.29, 1.82) is 0 Å². The second kappa shape index (κ2) is 8.82. The third kappa shape index (κ3) is 4.79. The van der Waals surface area contributed by atoms with Crippen molar-refractivity contribution in [2.45, 2.75) is 12.8 Å². The lowest BCUT2D eigenvalue weighted by Gasteiger charge is -2.14. The fourth-order valence-corrected chi connectivity index (χ4v) is 2.47. The standard InChI is InChI=1S/C19H23NO5/c1-23-16-11-14(12-17(24-2)18(16)25-3)19(22)20-10-4-5-13-6-8-15(21)9-7-13/h6-9,11-12,21H,4-5,10H2,1-3H3,(H,20,22). The third-order valence-corrected chi connectivity index (χ3v) is 3.79. The van der Waals surface area contributed by atoms with E-state index in [4.69, 9.17) is 14.2 Å². The molecule has 25 heavy (non-hydrogen) atoms. The largest absolute Gasteiger partial charge is 0.508 e. The Kier molecular flexibility index (Phi) is 6.51. The molecule has 134 valence electrons. The minimum atomic E-state index is -0.204. The molecule has 2 aromatic rings. The molecular formula is C19H23NO5. The average molecular weight is 345 g/mol. The highest BCUT2D eigenvalue weighted by Crippen LogP contribution is 2.38. The molecule has 0 spiro atoms. The van der Waals surface area contributed by atoms with Crippen LogP contribution in [0.5, 0.6) is 23.0 Å². The Morgan fingerprint density at radius 2 is 1.60 bits per heavy atom. The van der Waals surface area contributed by atoms with Crippen LogP contribution < -0.4 is 19.5 Å². The molecular weight excluding hydrogens is 322 g/mol. The summed E-state index contributed by atoms with van der Waals surface area (Å²) in [5, 5.41) is 12.1. The van der Waals surface area contributed by atoms with Gasteiger partial charge in [-0.15, -0.1) is 0 Å². The van der Waals surface area contributed by atoms with Gasteiger partial charge in [-0.25, -0.2) is 0 Å². The number of carbonyl (C=O) groups excluding carboxylic acids is 1. The maximum Gasteiger partial charge on any atom is 0.251 e. The summed E-state index contributed by atoms with van der Waals surface area (Å²) >= 11 is 0. The zero-order valence-corrected chi connectivity index (χ0v) is 14.7. The zero-order valence-electron chi connectivity index (χ0n) is 14.7. The average Bonchev–Trinajstić information content (AvgIpc) is 2.65. The number of hydrogen-bond acceptors (Lipinski definition) is 5. The van der Waals surface area contributed by atoms with Gasteiger partial charge in [-0.2, -0.15) is 0 Å². The molecule has 0 fully saturated rings. The molecule has 2 N–H and O–H groups in total. The second-order valence-electron chi connectivity index (χ2n) is 5.44. The summed E-state index contributed by atoms with van der Waals surface area (Å²) in [7, 11) is 4.54. The van der Waals surface area contributed by atoms with E-state index in [0.717, 1.165) is 18.4 Å². The summed E-state index contributed by atoms with van der Waals surface area (Å²) in [5.41, 5.74) is 1.55. The Balaban J connectivity index is 1.95. The quantitative estimate of drug-likeness (QED) is 0.720. The van der Waals surface area contributed by atoms with E-state index >= 15 is 0 Å². The van der Waals surface area contributed by atoms with Crippen LogP contribution in [0.25, 0.3) is 0 Å². The number of phenols is 1. The topological polar surface area (TPSA) is 77.0 Å². The number of nitrogens with one attached hydrogen (secondary N) is 1. The molecule has 0 aliphatic rings. The first-order valence-electron chi connectivity index (χ1n) is 7.95. The van der Waals surface area contributed by atoms with Gasteiger partial charge in [0.2, 0.25) is 5.75 Å². The molecule has 0 saturated carbocycles. The second-order valence-corrected chi connectivity index (χ2v) is 5.44. The van der Waals surface area contributed by atoms with Crippen LogP contribution in [0.3, 0.4) is 0 Å². The van der Waals surface area contributed by atoms with Crippen molar-refractivity contribution in [1.82, 2.24) is 5.32 Å². The number of ether oxygens (including phenoxy) is 3. The highest BCUT2D eigenvalue weighted by Gasteiger charge is 2.16. The molecule has 6 heteroatoms.